The lowest BCUT2D eigenvalue weighted by Crippen LogP contribution is -2.26. The number of nitrogens with one attached hydrogen (secondary N) is 1. The van der Waals surface area contributed by atoms with Crippen molar-refractivity contribution in [3.8, 4) is 5.75 Å². The molecule has 2 aromatic carbocycles. The van der Waals surface area contributed by atoms with Crippen molar-refractivity contribution in [1.29, 1.82) is 0 Å². The number of hydrogen-bond acceptors (Lipinski definition) is 3. The van der Waals surface area contributed by atoms with E-state index in [1.165, 1.54) is 12.7 Å². The highest BCUT2D eigenvalue weighted by Gasteiger charge is 2.22. The maximum absolute atomic E-state index is 12.7. The molecule has 0 fully saturated rings. The summed E-state index contributed by atoms with van der Waals surface area (Å²) in [6, 6.07) is 13.5. The van der Waals surface area contributed by atoms with Gasteiger partial charge in [-0.1, -0.05) is 30.3 Å². The van der Waals surface area contributed by atoms with Gasteiger partial charge in [-0.25, -0.2) is 13.1 Å². The lowest BCUT2D eigenvalue weighted by atomic mass is 9.92. The number of sulfonamides is 1. The second-order valence-electron chi connectivity index (χ2n) is 6.11. The molecule has 0 aromatic heterocycles. The van der Waals surface area contributed by atoms with Crippen molar-refractivity contribution in [2.75, 3.05) is 13.7 Å². The first kappa shape index (κ1) is 17.0. The van der Waals surface area contributed by atoms with Crippen LogP contribution in [0.4, 0.5) is 0 Å². The first-order valence-corrected chi connectivity index (χ1v) is 9.82. The summed E-state index contributed by atoms with van der Waals surface area (Å²) in [4.78, 5) is 0.249. The van der Waals surface area contributed by atoms with Gasteiger partial charge in [0.15, 0.2) is 0 Å². The SMILES string of the molecule is COc1cc2c(cc1S(=O)(=O)NCCc1ccccc1)CCCC2. The minimum atomic E-state index is -3.58. The van der Waals surface area contributed by atoms with Crippen molar-refractivity contribution in [2.45, 2.75) is 37.0 Å². The van der Waals surface area contributed by atoms with Gasteiger partial charge < -0.3 is 4.74 Å². The Kier molecular flexibility index (Phi) is 5.21. The molecule has 1 N–H and O–H groups in total. The molecule has 0 radical (unpaired) electrons. The summed E-state index contributed by atoms with van der Waals surface area (Å²) < 4.78 is 33.4. The fraction of sp³-hybridized carbons (Fsp3) is 0.368. The largest absolute Gasteiger partial charge is 0.495 e. The number of aryl methyl sites for hydroxylation is 2. The van der Waals surface area contributed by atoms with Crippen LogP contribution in [-0.4, -0.2) is 22.1 Å². The number of fused-ring (bicyclic) bond motifs is 1. The molecule has 0 bridgehead atoms. The highest BCUT2D eigenvalue weighted by molar-refractivity contribution is 7.89. The Morgan fingerprint density at radius 3 is 2.38 bits per heavy atom. The molecule has 0 spiro atoms. The predicted octanol–water partition coefficient (Wildman–Crippen LogP) is 3.10. The molecule has 1 aliphatic rings. The summed E-state index contributed by atoms with van der Waals surface area (Å²) in [7, 11) is -2.06. The van der Waals surface area contributed by atoms with Gasteiger partial charge in [0.25, 0.3) is 0 Å². The molecule has 3 rings (SSSR count). The highest BCUT2D eigenvalue weighted by atomic mass is 32.2. The van der Waals surface area contributed by atoms with Crippen LogP contribution < -0.4 is 9.46 Å². The monoisotopic (exact) mass is 345 g/mol. The molecular weight excluding hydrogens is 322 g/mol. The maximum Gasteiger partial charge on any atom is 0.244 e. The second-order valence-corrected chi connectivity index (χ2v) is 7.85. The van der Waals surface area contributed by atoms with Gasteiger partial charge in [-0.3, -0.25) is 0 Å². The quantitative estimate of drug-likeness (QED) is 0.875. The van der Waals surface area contributed by atoms with Crippen LogP contribution in [-0.2, 0) is 29.3 Å². The van der Waals surface area contributed by atoms with Crippen LogP contribution in [0.5, 0.6) is 5.75 Å². The van der Waals surface area contributed by atoms with Crippen LogP contribution in [0.1, 0.15) is 29.5 Å². The molecule has 5 heteroatoms. The number of ether oxygens (including phenoxy) is 1. The van der Waals surface area contributed by atoms with Gasteiger partial charge in [0.1, 0.15) is 10.6 Å². The average Bonchev–Trinajstić information content (AvgIpc) is 2.61. The smallest absolute Gasteiger partial charge is 0.244 e. The van der Waals surface area contributed by atoms with Gasteiger partial charge in [-0.05, 0) is 60.9 Å². The van der Waals surface area contributed by atoms with Gasteiger partial charge in [-0.15, -0.1) is 0 Å². The lowest BCUT2D eigenvalue weighted by Gasteiger charge is -2.19. The average molecular weight is 345 g/mol. The summed E-state index contributed by atoms with van der Waals surface area (Å²) >= 11 is 0. The van der Waals surface area contributed by atoms with Crippen molar-refractivity contribution < 1.29 is 13.2 Å². The normalized spacial score (nSPS) is 14.2. The van der Waals surface area contributed by atoms with Crippen LogP contribution in [0.3, 0.4) is 0 Å². The van der Waals surface area contributed by atoms with E-state index in [0.29, 0.717) is 18.7 Å². The molecule has 0 atom stereocenters. The molecule has 128 valence electrons. The van der Waals surface area contributed by atoms with Crippen molar-refractivity contribution in [3.05, 3.63) is 59.2 Å². The van der Waals surface area contributed by atoms with E-state index < -0.39 is 10.0 Å². The van der Waals surface area contributed by atoms with E-state index >= 15 is 0 Å². The zero-order valence-electron chi connectivity index (χ0n) is 13.9. The van der Waals surface area contributed by atoms with E-state index in [0.717, 1.165) is 36.8 Å². The van der Waals surface area contributed by atoms with Gasteiger partial charge in [0.2, 0.25) is 10.0 Å². The third-order valence-corrected chi connectivity index (χ3v) is 5.95. The molecule has 4 nitrogen and oxygen atoms in total. The zero-order chi connectivity index (χ0) is 17.0. The second kappa shape index (κ2) is 7.36. The number of benzene rings is 2. The van der Waals surface area contributed by atoms with Crippen LogP contribution in [0.2, 0.25) is 0 Å². The summed E-state index contributed by atoms with van der Waals surface area (Å²) in [6.07, 6.45) is 4.85. The van der Waals surface area contributed by atoms with Crippen molar-refractivity contribution in [1.82, 2.24) is 4.72 Å². The van der Waals surface area contributed by atoms with Gasteiger partial charge in [0.05, 0.1) is 7.11 Å². The molecule has 0 aliphatic heterocycles. The molecule has 0 saturated heterocycles. The standard InChI is InChI=1S/C19H23NO3S/c1-23-18-13-16-9-5-6-10-17(16)14-19(18)24(21,22)20-12-11-15-7-3-2-4-8-15/h2-4,7-8,13-14,20H,5-6,9-12H2,1H3. The fourth-order valence-electron chi connectivity index (χ4n) is 3.16. The summed E-state index contributed by atoms with van der Waals surface area (Å²) in [6.45, 7) is 0.368. The Bertz CT molecular complexity index is 801. The van der Waals surface area contributed by atoms with E-state index in [9.17, 15) is 8.42 Å². The predicted molar refractivity (Wildman–Crippen MR) is 95.0 cm³/mol. The topological polar surface area (TPSA) is 55.4 Å². The third-order valence-electron chi connectivity index (χ3n) is 4.47. The highest BCUT2D eigenvalue weighted by Crippen LogP contribution is 2.31. The zero-order valence-corrected chi connectivity index (χ0v) is 14.7. The molecule has 0 saturated carbocycles. The fourth-order valence-corrected chi connectivity index (χ4v) is 4.39. The number of rotatable bonds is 6. The minimum Gasteiger partial charge on any atom is -0.495 e. The van der Waals surface area contributed by atoms with Gasteiger partial charge in [0, 0.05) is 6.54 Å². The Morgan fingerprint density at radius 1 is 1.04 bits per heavy atom. The van der Waals surface area contributed by atoms with E-state index in [1.54, 1.807) is 6.07 Å². The van der Waals surface area contributed by atoms with Gasteiger partial charge in [-0.2, -0.15) is 0 Å². The summed E-state index contributed by atoms with van der Waals surface area (Å²) in [5, 5.41) is 0. The van der Waals surface area contributed by atoms with Crippen molar-refractivity contribution in [3.63, 3.8) is 0 Å². The van der Waals surface area contributed by atoms with E-state index in [2.05, 4.69) is 4.72 Å². The van der Waals surface area contributed by atoms with E-state index in [1.807, 2.05) is 36.4 Å². The molecule has 0 amide bonds. The van der Waals surface area contributed by atoms with Crippen LogP contribution in [0.25, 0.3) is 0 Å². The molecule has 24 heavy (non-hydrogen) atoms. The first-order chi connectivity index (χ1) is 11.6. The number of hydrogen-bond donors (Lipinski definition) is 1. The van der Waals surface area contributed by atoms with Crippen LogP contribution in [0, 0.1) is 0 Å². The number of methoxy groups -OCH3 is 1. The Hall–Kier alpha value is -1.85. The molecule has 0 unspecified atom stereocenters. The molecule has 2 aromatic rings. The molecule has 0 heterocycles. The van der Waals surface area contributed by atoms with E-state index in [4.69, 9.17) is 4.74 Å². The Labute approximate surface area is 143 Å². The van der Waals surface area contributed by atoms with Crippen molar-refractivity contribution in [2.24, 2.45) is 0 Å². The lowest BCUT2D eigenvalue weighted by molar-refractivity contribution is 0.401. The van der Waals surface area contributed by atoms with Crippen LogP contribution >= 0.6 is 0 Å². The van der Waals surface area contributed by atoms with Crippen molar-refractivity contribution >= 4 is 10.0 Å². The first-order valence-electron chi connectivity index (χ1n) is 8.33. The van der Waals surface area contributed by atoms with E-state index in [-0.39, 0.29) is 4.90 Å². The van der Waals surface area contributed by atoms with Crippen LogP contribution in [0.15, 0.2) is 47.4 Å². The molecule has 1 aliphatic carbocycles. The summed E-state index contributed by atoms with van der Waals surface area (Å²) in [5.41, 5.74) is 3.45. The summed E-state index contributed by atoms with van der Waals surface area (Å²) in [5.74, 6) is 0.433. The Balaban J connectivity index is 1.78. The Morgan fingerprint density at radius 2 is 1.71 bits per heavy atom. The minimum absolute atomic E-state index is 0.249. The van der Waals surface area contributed by atoms with Gasteiger partial charge >= 0.3 is 0 Å². The third kappa shape index (κ3) is 3.79. The maximum atomic E-state index is 12.7. The molecular formula is C19H23NO3S.